The van der Waals surface area contributed by atoms with E-state index in [9.17, 15) is 0 Å². The molecule has 0 bridgehead atoms. The summed E-state index contributed by atoms with van der Waals surface area (Å²) < 4.78 is 2.18. The number of anilines is 1. The predicted molar refractivity (Wildman–Crippen MR) is 128 cm³/mol. The molecule has 5 rings (SSSR count). The fourth-order valence-electron chi connectivity index (χ4n) is 4.96. The normalized spacial score (nSPS) is 18.6. The maximum absolute atomic E-state index is 8.71. The highest BCUT2D eigenvalue weighted by Crippen LogP contribution is 2.30. The molecule has 3 heterocycles. The highest BCUT2D eigenvalue weighted by molar-refractivity contribution is 5.82. The van der Waals surface area contributed by atoms with Crippen LogP contribution < -0.4 is 4.90 Å². The number of benzene rings is 2. The molecule has 6 heteroatoms. The number of piperazine rings is 1. The van der Waals surface area contributed by atoms with E-state index in [1.807, 2.05) is 6.07 Å². The van der Waals surface area contributed by atoms with Gasteiger partial charge in [-0.3, -0.25) is 5.41 Å². The van der Waals surface area contributed by atoms with Gasteiger partial charge in [0.2, 0.25) is 0 Å². The molecule has 6 nitrogen and oxygen atoms in total. The summed E-state index contributed by atoms with van der Waals surface area (Å²) in [5, 5.41) is 8.71. The summed E-state index contributed by atoms with van der Waals surface area (Å²) in [6.07, 6.45) is 2.11. The molecule has 0 amide bonds. The third-order valence-corrected chi connectivity index (χ3v) is 6.98. The summed E-state index contributed by atoms with van der Waals surface area (Å²) in [6, 6.07) is 17.1. The summed E-state index contributed by atoms with van der Waals surface area (Å²) in [7, 11) is 4.26. The number of rotatable bonds is 3. The summed E-state index contributed by atoms with van der Waals surface area (Å²) in [5.41, 5.74) is 4.61. The molecule has 0 spiro atoms. The molecule has 2 fully saturated rings. The Morgan fingerprint density at radius 3 is 2.39 bits per heavy atom. The fourth-order valence-corrected chi connectivity index (χ4v) is 4.96. The predicted octanol–water partition coefficient (Wildman–Crippen LogP) is 3.68. The van der Waals surface area contributed by atoms with Gasteiger partial charge in [-0.25, -0.2) is 4.98 Å². The van der Waals surface area contributed by atoms with Crippen LogP contribution in [0.2, 0.25) is 0 Å². The highest BCUT2D eigenvalue weighted by Gasteiger charge is 2.27. The molecule has 0 saturated carbocycles. The zero-order chi connectivity index (χ0) is 21.4. The molecule has 2 aliphatic heterocycles. The number of nitrogens with one attached hydrogen (secondary N) is 1. The lowest BCUT2D eigenvalue weighted by Gasteiger charge is -2.40. The van der Waals surface area contributed by atoms with Crippen LogP contribution in [0.3, 0.4) is 0 Å². The quantitative estimate of drug-likeness (QED) is 0.523. The van der Waals surface area contributed by atoms with Gasteiger partial charge in [0, 0.05) is 63.5 Å². The molecule has 31 heavy (non-hydrogen) atoms. The highest BCUT2D eigenvalue weighted by atomic mass is 15.3. The summed E-state index contributed by atoms with van der Waals surface area (Å²) in [4.78, 5) is 12.0. The van der Waals surface area contributed by atoms with Gasteiger partial charge in [0.05, 0.1) is 16.9 Å². The van der Waals surface area contributed by atoms with Crippen molar-refractivity contribution in [2.24, 2.45) is 13.0 Å². The Balaban J connectivity index is 1.28. The van der Waals surface area contributed by atoms with E-state index in [0.717, 1.165) is 80.4 Å². The van der Waals surface area contributed by atoms with Crippen molar-refractivity contribution in [2.45, 2.75) is 12.8 Å². The van der Waals surface area contributed by atoms with Gasteiger partial charge in [-0.05, 0) is 44.2 Å². The van der Waals surface area contributed by atoms with E-state index in [4.69, 9.17) is 10.4 Å². The van der Waals surface area contributed by atoms with Crippen molar-refractivity contribution in [3.8, 4) is 11.4 Å². The first-order valence-electron chi connectivity index (χ1n) is 11.4. The lowest BCUT2D eigenvalue weighted by atomic mass is 9.94. The van der Waals surface area contributed by atoms with Gasteiger partial charge in [-0.1, -0.05) is 24.3 Å². The van der Waals surface area contributed by atoms with E-state index in [-0.39, 0.29) is 0 Å². The molecule has 1 aromatic heterocycles. The monoisotopic (exact) mass is 416 g/mol. The number of hydrogen-bond donors (Lipinski definition) is 1. The van der Waals surface area contributed by atoms with Crippen LogP contribution in [0.5, 0.6) is 0 Å². The van der Waals surface area contributed by atoms with E-state index >= 15 is 0 Å². The number of likely N-dealkylation sites (N-methyl/N-ethyl adjacent to an activating group) is 1. The van der Waals surface area contributed by atoms with Crippen LogP contribution in [0.4, 0.5) is 5.69 Å². The van der Waals surface area contributed by atoms with Gasteiger partial charge >= 0.3 is 0 Å². The van der Waals surface area contributed by atoms with Crippen molar-refractivity contribution >= 4 is 22.6 Å². The summed E-state index contributed by atoms with van der Waals surface area (Å²) >= 11 is 0. The van der Waals surface area contributed by atoms with Gasteiger partial charge in [-0.2, -0.15) is 0 Å². The smallest absolute Gasteiger partial charge is 0.140 e. The van der Waals surface area contributed by atoms with Crippen molar-refractivity contribution in [3.63, 3.8) is 0 Å². The van der Waals surface area contributed by atoms with Gasteiger partial charge < -0.3 is 19.3 Å². The van der Waals surface area contributed by atoms with Crippen molar-refractivity contribution in [2.75, 3.05) is 51.2 Å². The van der Waals surface area contributed by atoms with Gasteiger partial charge in [-0.15, -0.1) is 0 Å². The number of hydrogen-bond acceptors (Lipinski definition) is 4. The van der Waals surface area contributed by atoms with Gasteiger partial charge in [0.15, 0.2) is 0 Å². The summed E-state index contributed by atoms with van der Waals surface area (Å²) in [6.45, 7) is 6.14. The standard InChI is InChI=1S/C25H32N6/c1-28-14-16-31(17-15-28)24(26)19-10-12-30(13-11-19)21-7-5-6-20(18-21)25-27-22-8-3-4-9-23(22)29(25)2/h3-9,18-19,26H,10-17H2,1-2H3. The van der Waals surface area contributed by atoms with Crippen LogP contribution in [0, 0.1) is 11.3 Å². The molecular formula is C25H32N6. The van der Waals surface area contributed by atoms with Crippen LogP contribution in [0.15, 0.2) is 48.5 Å². The molecule has 0 atom stereocenters. The molecule has 1 N–H and O–H groups in total. The zero-order valence-corrected chi connectivity index (χ0v) is 18.6. The fraction of sp³-hybridized carbons (Fsp3) is 0.440. The third kappa shape index (κ3) is 3.92. The topological polar surface area (TPSA) is 51.4 Å². The molecule has 2 saturated heterocycles. The first-order chi connectivity index (χ1) is 15.1. The number of aromatic nitrogens is 2. The Morgan fingerprint density at radius 2 is 1.65 bits per heavy atom. The molecule has 3 aromatic rings. The first-order valence-corrected chi connectivity index (χ1v) is 11.4. The SMILES string of the molecule is CN1CCN(C(=N)C2CCN(c3cccc(-c4nc5ccccc5n4C)c3)CC2)CC1. The van der Waals surface area contributed by atoms with E-state index in [2.05, 4.69) is 75.8 Å². The minimum Gasteiger partial charge on any atom is -0.371 e. The molecule has 0 unspecified atom stereocenters. The van der Waals surface area contributed by atoms with E-state index in [1.54, 1.807) is 0 Å². The minimum atomic E-state index is 0.391. The number of fused-ring (bicyclic) bond motifs is 1. The lowest BCUT2D eigenvalue weighted by Crippen LogP contribution is -2.50. The van der Waals surface area contributed by atoms with E-state index < -0.39 is 0 Å². The number of imidazole rings is 1. The van der Waals surface area contributed by atoms with E-state index in [0.29, 0.717) is 5.92 Å². The number of amidine groups is 1. The Bertz CT molecular complexity index is 1070. The van der Waals surface area contributed by atoms with Crippen LogP contribution in [-0.4, -0.2) is 71.5 Å². The first kappa shape index (κ1) is 20.1. The second-order valence-electron chi connectivity index (χ2n) is 8.97. The van der Waals surface area contributed by atoms with Gasteiger partial charge in [0.25, 0.3) is 0 Å². The Hall–Kier alpha value is -2.86. The van der Waals surface area contributed by atoms with Crippen LogP contribution in [0.25, 0.3) is 22.4 Å². The summed E-state index contributed by atoms with van der Waals surface area (Å²) in [5.74, 6) is 2.26. The average molecular weight is 417 g/mol. The Labute approximate surface area is 184 Å². The van der Waals surface area contributed by atoms with E-state index in [1.165, 1.54) is 5.69 Å². The zero-order valence-electron chi connectivity index (χ0n) is 18.6. The second kappa shape index (κ2) is 8.35. The molecule has 0 aliphatic carbocycles. The van der Waals surface area contributed by atoms with Crippen LogP contribution in [0.1, 0.15) is 12.8 Å². The molecule has 2 aromatic carbocycles. The Morgan fingerprint density at radius 1 is 0.903 bits per heavy atom. The molecule has 0 radical (unpaired) electrons. The average Bonchev–Trinajstić information content (AvgIpc) is 3.16. The lowest BCUT2D eigenvalue weighted by molar-refractivity contribution is 0.206. The molecule has 162 valence electrons. The largest absolute Gasteiger partial charge is 0.371 e. The molecule has 2 aliphatic rings. The van der Waals surface area contributed by atoms with Crippen molar-refractivity contribution in [1.82, 2.24) is 19.4 Å². The maximum atomic E-state index is 8.71. The van der Waals surface area contributed by atoms with Crippen molar-refractivity contribution in [1.29, 1.82) is 5.41 Å². The maximum Gasteiger partial charge on any atom is 0.140 e. The Kier molecular flexibility index (Phi) is 5.40. The van der Waals surface area contributed by atoms with Gasteiger partial charge in [0.1, 0.15) is 5.82 Å². The third-order valence-electron chi connectivity index (χ3n) is 6.98. The number of aryl methyl sites for hydroxylation is 1. The van der Waals surface area contributed by atoms with Crippen LogP contribution in [-0.2, 0) is 7.05 Å². The number of para-hydroxylation sites is 2. The number of piperidine rings is 1. The molecular weight excluding hydrogens is 384 g/mol. The van der Waals surface area contributed by atoms with Crippen LogP contribution >= 0.6 is 0 Å². The van der Waals surface area contributed by atoms with Crippen molar-refractivity contribution in [3.05, 3.63) is 48.5 Å². The minimum absolute atomic E-state index is 0.391. The van der Waals surface area contributed by atoms with Crippen molar-refractivity contribution < 1.29 is 0 Å². The number of nitrogens with zero attached hydrogens (tertiary/aromatic N) is 5. The second-order valence-corrected chi connectivity index (χ2v) is 8.97.